The summed E-state index contributed by atoms with van der Waals surface area (Å²) in [6.45, 7) is 0. The molecule has 0 radical (unpaired) electrons. The van der Waals surface area contributed by atoms with Gasteiger partial charge in [0.1, 0.15) is 0 Å². The van der Waals surface area contributed by atoms with Gasteiger partial charge in [0, 0.05) is 20.1 Å². The SMILES string of the molecule is COC1(OC)[C@H]2C=C[C@H]1C[C@@]2(O)C1=CC[C@@H]2CCC[C@@H]12. The molecule has 0 heterocycles. The van der Waals surface area contributed by atoms with E-state index < -0.39 is 11.4 Å². The lowest BCUT2D eigenvalue weighted by Gasteiger charge is -2.38. The van der Waals surface area contributed by atoms with Crippen LogP contribution >= 0.6 is 0 Å². The van der Waals surface area contributed by atoms with Crippen molar-refractivity contribution in [2.24, 2.45) is 23.7 Å². The van der Waals surface area contributed by atoms with Crippen LogP contribution in [0.3, 0.4) is 0 Å². The van der Waals surface area contributed by atoms with Crippen molar-refractivity contribution in [3.63, 3.8) is 0 Å². The molecule has 0 aromatic heterocycles. The molecule has 4 aliphatic carbocycles. The van der Waals surface area contributed by atoms with Gasteiger partial charge in [-0.2, -0.15) is 0 Å². The molecule has 110 valence electrons. The first-order valence-corrected chi connectivity index (χ1v) is 7.87. The van der Waals surface area contributed by atoms with Crippen LogP contribution in [0, 0.1) is 23.7 Å². The Bertz CT molecular complexity index is 477. The summed E-state index contributed by atoms with van der Waals surface area (Å²) in [5.74, 6) is 0.803. The summed E-state index contributed by atoms with van der Waals surface area (Å²) in [5.41, 5.74) is 0.533. The first-order chi connectivity index (χ1) is 9.65. The van der Waals surface area contributed by atoms with Gasteiger partial charge in [0.05, 0.1) is 11.5 Å². The van der Waals surface area contributed by atoms with E-state index in [-0.39, 0.29) is 11.8 Å². The Morgan fingerprint density at radius 1 is 1.20 bits per heavy atom. The Morgan fingerprint density at radius 3 is 2.70 bits per heavy atom. The zero-order valence-corrected chi connectivity index (χ0v) is 12.3. The molecule has 0 unspecified atom stereocenters. The fourth-order valence-corrected chi connectivity index (χ4v) is 5.50. The Labute approximate surface area is 120 Å². The molecule has 0 aromatic rings. The highest BCUT2D eigenvalue weighted by Gasteiger charge is 2.66. The van der Waals surface area contributed by atoms with Gasteiger partial charge in [0.2, 0.25) is 0 Å². The van der Waals surface area contributed by atoms with Crippen molar-refractivity contribution >= 4 is 0 Å². The Balaban J connectivity index is 1.71. The van der Waals surface area contributed by atoms with E-state index in [1.165, 1.54) is 24.8 Å². The van der Waals surface area contributed by atoms with Crippen LogP contribution in [0.2, 0.25) is 0 Å². The number of hydrogen-bond acceptors (Lipinski definition) is 3. The molecule has 0 aromatic carbocycles. The summed E-state index contributed by atoms with van der Waals surface area (Å²) < 4.78 is 11.5. The second-order valence-electron chi connectivity index (χ2n) is 6.92. The van der Waals surface area contributed by atoms with Crippen molar-refractivity contribution in [2.75, 3.05) is 14.2 Å². The van der Waals surface area contributed by atoms with Crippen molar-refractivity contribution in [1.82, 2.24) is 0 Å². The van der Waals surface area contributed by atoms with Crippen LogP contribution in [0.5, 0.6) is 0 Å². The normalized spacial score (nSPS) is 47.9. The second kappa shape index (κ2) is 4.19. The molecule has 2 bridgehead atoms. The molecular formula is C17H24O3. The van der Waals surface area contributed by atoms with E-state index in [9.17, 15) is 5.11 Å². The van der Waals surface area contributed by atoms with Gasteiger partial charge >= 0.3 is 0 Å². The Morgan fingerprint density at radius 2 is 2.00 bits per heavy atom. The molecule has 0 spiro atoms. The van der Waals surface area contributed by atoms with Gasteiger partial charge in [-0.05, 0) is 43.1 Å². The predicted molar refractivity (Wildman–Crippen MR) is 76.0 cm³/mol. The molecular weight excluding hydrogens is 252 g/mol. The molecule has 2 fully saturated rings. The van der Waals surface area contributed by atoms with Crippen LogP contribution < -0.4 is 0 Å². The molecule has 3 nitrogen and oxygen atoms in total. The molecule has 1 N–H and O–H groups in total. The third-order valence-corrected chi connectivity index (χ3v) is 6.37. The predicted octanol–water partition coefficient (Wildman–Crippen LogP) is 2.66. The molecule has 4 rings (SSSR count). The third-order valence-electron chi connectivity index (χ3n) is 6.37. The fourth-order valence-electron chi connectivity index (χ4n) is 5.50. The summed E-state index contributed by atoms with van der Waals surface area (Å²) >= 11 is 0. The maximum atomic E-state index is 11.4. The van der Waals surface area contributed by atoms with Crippen molar-refractivity contribution < 1.29 is 14.6 Å². The number of aliphatic hydroxyl groups is 1. The third kappa shape index (κ3) is 1.36. The molecule has 0 aliphatic heterocycles. The summed E-state index contributed by atoms with van der Waals surface area (Å²) in [4.78, 5) is 0. The molecule has 3 heteroatoms. The number of methoxy groups -OCH3 is 2. The van der Waals surface area contributed by atoms with E-state index in [1.807, 2.05) is 0 Å². The van der Waals surface area contributed by atoms with Gasteiger partial charge in [0.25, 0.3) is 0 Å². The second-order valence-corrected chi connectivity index (χ2v) is 6.92. The van der Waals surface area contributed by atoms with E-state index >= 15 is 0 Å². The number of rotatable bonds is 3. The van der Waals surface area contributed by atoms with E-state index in [2.05, 4.69) is 18.2 Å². The van der Waals surface area contributed by atoms with Crippen LogP contribution in [0.15, 0.2) is 23.8 Å². The summed E-state index contributed by atoms with van der Waals surface area (Å²) in [7, 11) is 3.40. The molecule has 5 atom stereocenters. The van der Waals surface area contributed by atoms with Crippen molar-refractivity contribution in [3.05, 3.63) is 23.8 Å². The summed E-state index contributed by atoms with van der Waals surface area (Å²) in [5, 5.41) is 11.4. The molecule has 0 amide bonds. The monoisotopic (exact) mass is 276 g/mol. The lowest BCUT2D eigenvalue weighted by atomic mass is 9.75. The number of ether oxygens (including phenoxy) is 2. The smallest absolute Gasteiger partial charge is 0.183 e. The standard InChI is InChI=1S/C17H24O3/c1-19-17(20-2)12-7-9-15(17)16(18,10-12)14-8-6-11-4-3-5-13(11)14/h7-9,11-13,15,18H,3-6,10H2,1-2H3/t11-,12-,13+,15-,16+/m0/s1. The zero-order valence-electron chi connectivity index (χ0n) is 12.3. The van der Waals surface area contributed by atoms with Gasteiger partial charge in [-0.3, -0.25) is 0 Å². The lowest BCUT2D eigenvalue weighted by molar-refractivity contribution is -0.238. The number of fused-ring (bicyclic) bond motifs is 3. The molecule has 2 saturated carbocycles. The summed E-state index contributed by atoms with van der Waals surface area (Å²) in [6, 6.07) is 0. The van der Waals surface area contributed by atoms with E-state index in [0.29, 0.717) is 5.92 Å². The minimum Gasteiger partial charge on any atom is -0.385 e. The average Bonchev–Trinajstić information content (AvgIpc) is 3.15. The molecule has 20 heavy (non-hydrogen) atoms. The van der Waals surface area contributed by atoms with Gasteiger partial charge in [-0.15, -0.1) is 0 Å². The first-order valence-electron chi connectivity index (χ1n) is 7.87. The first kappa shape index (κ1) is 13.1. The maximum Gasteiger partial charge on any atom is 0.183 e. The van der Waals surface area contributed by atoms with E-state index in [1.54, 1.807) is 14.2 Å². The van der Waals surface area contributed by atoms with Gasteiger partial charge in [-0.25, -0.2) is 0 Å². The average molecular weight is 276 g/mol. The lowest BCUT2D eigenvalue weighted by Crippen LogP contribution is -2.47. The van der Waals surface area contributed by atoms with E-state index in [4.69, 9.17) is 9.47 Å². The number of hydrogen-bond donors (Lipinski definition) is 1. The number of allylic oxidation sites excluding steroid dienone is 1. The zero-order chi connectivity index (χ0) is 14.0. The quantitative estimate of drug-likeness (QED) is 0.636. The fraction of sp³-hybridized carbons (Fsp3) is 0.765. The van der Waals surface area contributed by atoms with Gasteiger partial charge in [0.15, 0.2) is 5.79 Å². The van der Waals surface area contributed by atoms with Crippen LogP contribution in [-0.4, -0.2) is 30.7 Å². The topological polar surface area (TPSA) is 38.7 Å². The maximum absolute atomic E-state index is 11.4. The van der Waals surface area contributed by atoms with Gasteiger partial charge in [-0.1, -0.05) is 24.6 Å². The molecule has 0 saturated heterocycles. The van der Waals surface area contributed by atoms with E-state index in [0.717, 1.165) is 18.8 Å². The highest BCUT2D eigenvalue weighted by Crippen LogP contribution is 2.61. The highest BCUT2D eigenvalue weighted by molar-refractivity contribution is 5.38. The van der Waals surface area contributed by atoms with Crippen LogP contribution in [0.4, 0.5) is 0 Å². The van der Waals surface area contributed by atoms with Crippen molar-refractivity contribution in [2.45, 2.75) is 43.5 Å². The minimum atomic E-state index is -0.755. The van der Waals surface area contributed by atoms with Gasteiger partial charge < -0.3 is 14.6 Å². The summed E-state index contributed by atoms with van der Waals surface area (Å²) in [6.07, 6.45) is 12.4. The minimum absolute atomic E-state index is 0.0689. The van der Waals surface area contributed by atoms with Crippen molar-refractivity contribution in [1.29, 1.82) is 0 Å². The molecule has 4 aliphatic rings. The highest BCUT2D eigenvalue weighted by atomic mass is 16.7. The Kier molecular flexibility index (Phi) is 2.73. The Hall–Kier alpha value is -0.640. The van der Waals surface area contributed by atoms with Crippen LogP contribution in [0.1, 0.15) is 32.1 Å². The largest absolute Gasteiger partial charge is 0.385 e. The van der Waals surface area contributed by atoms with Crippen LogP contribution in [-0.2, 0) is 9.47 Å². The van der Waals surface area contributed by atoms with Crippen LogP contribution in [0.25, 0.3) is 0 Å². The van der Waals surface area contributed by atoms with Crippen molar-refractivity contribution in [3.8, 4) is 0 Å².